The molecule has 0 saturated carbocycles. The lowest BCUT2D eigenvalue weighted by Crippen LogP contribution is -2.33. The van der Waals surface area contributed by atoms with Crippen molar-refractivity contribution in [1.82, 2.24) is 4.90 Å². The Balaban J connectivity index is 3.97. The third-order valence-corrected chi connectivity index (χ3v) is 3.42. The quantitative estimate of drug-likeness (QED) is 0.552. The van der Waals surface area contributed by atoms with Gasteiger partial charge in [-0.15, -0.1) is 0 Å². The minimum Gasteiger partial charge on any atom is -0.330 e. The molecule has 0 aliphatic heterocycles. The zero-order chi connectivity index (χ0) is 12.9. The van der Waals surface area contributed by atoms with E-state index in [1.54, 1.807) is 0 Å². The van der Waals surface area contributed by atoms with E-state index in [1.807, 2.05) is 0 Å². The van der Waals surface area contributed by atoms with E-state index in [0.29, 0.717) is 0 Å². The summed E-state index contributed by atoms with van der Waals surface area (Å²) in [6.45, 7) is 9.68. The van der Waals surface area contributed by atoms with Crippen molar-refractivity contribution in [2.24, 2.45) is 17.4 Å². The Morgan fingerprint density at radius 1 is 0.941 bits per heavy atom. The van der Waals surface area contributed by atoms with Crippen molar-refractivity contribution in [3.63, 3.8) is 0 Å². The molecule has 0 saturated heterocycles. The molecule has 3 heteroatoms. The molecular weight excluding hydrogens is 210 g/mol. The van der Waals surface area contributed by atoms with Crippen molar-refractivity contribution in [2.45, 2.75) is 52.4 Å². The number of nitrogens with zero attached hydrogens (tertiary/aromatic N) is 1. The number of hydrogen-bond donors (Lipinski definition) is 2. The Bertz CT molecular complexity index is 142. The van der Waals surface area contributed by atoms with Crippen LogP contribution in [0.5, 0.6) is 0 Å². The van der Waals surface area contributed by atoms with Crippen LogP contribution in [0.2, 0.25) is 0 Å². The molecule has 0 fully saturated rings. The van der Waals surface area contributed by atoms with Crippen LogP contribution in [0.1, 0.15) is 52.4 Å². The zero-order valence-corrected chi connectivity index (χ0v) is 12.0. The fourth-order valence-corrected chi connectivity index (χ4v) is 2.21. The van der Waals surface area contributed by atoms with Gasteiger partial charge in [0.05, 0.1) is 0 Å². The maximum atomic E-state index is 5.60. The fraction of sp³-hybridized carbons (Fsp3) is 1.00. The van der Waals surface area contributed by atoms with E-state index in [4.69, 9.17) is 11.5 Å². The molecule has 3 nitrogen and oxygen atoms in total. The summed E-state index contributed by atoms with van der Waals surface area (Å²) in [6.07, 6.45) is 7.54. The van der Waals surface area contributed by atoms with E-state index >= 15 is 0 Å². The minimum absolute atomic E-state index is 0.797. The zero-order valence-electron chi connectivity index (χ0n) is 12.0. The summed E-state index contributed by atoms with van der Waals surface area (Å²) >= 11 is 0. The van der Waals surface area contributed by atoms with Gasteiger partial charge in [-0.3, -0.25) is 0 Å². The normalized spacial score (nSPS) is 13.2. The minimum atomic E-state index is 0.797. The van der Waals surface area contributed by atoms with Gasteiger partial charge in [0.25, 0.3) is 0 Å². The maximum absolute atomic E-state index is 5.60. The first-order valence-corrected chi connectivity index (χ1v) is 7.40. The van der Waals surface area contributed by atoms with Crippen molar-refractivity contribution in [2.75, 3.05) is 32.7 Å². The fourth-order valence-electron chi connectivity index (χ4n) is 2.21. The largest absolute Gasteiger partial charge is 0.330 e. The van der Waals surface area contributed by atoms with Gasteiger partial charge in [0.15, 0.2) is 0 Å². The van der Waals surface area contributed by atoms with E-state index in [0.717, 1.165) is 44.9 Å². The van der Waals surface area contributed by atoms with Gasteiger partial charge >= 0.3 is 0 Å². The first-order chi connectivity index (χ1) is 8.28. The summed E-state index contributed by atoms with van der Waals surface area (Å²) in [6, 6.07) is 0. The highest BCUT2D eigenvalue weighted by atomic mass is 15.1. The van der Waals surface area contributed by atoms with E-state index in [2.05, 4.69) is 18.7 Å². The molecule has 4 N–H and O–H groups in total. The van der Waals surface area contributed by atoms with Crippen molar-refractivity contribution in [3.05, 3.63) is 0 Å². The van der Waals surface area contributed by atoms with Crippen LogP contribution in [0.4, 0.5) is 0 Å². The summed E-state index contributed by atoms with van der Waals surface area (Å²) in [7, 11) is 0. The third-order valence-electron chi connectivity index (χ3n) is 3.42. The molecule has 1 atom stereocenters. The van der Waals surface area contributed by atoms with Gasteiger partial charge in [-0.2, -0.15) is 0 Å². The van der Waals surface area contributed by atoms with E-state index < -0.39 is 0 Å². The van der Waals surface area contributed by atoms with E-state index in [9.17, 15) is 0 Å². The Labute approximate surface area is 108 Å². The average Bonchev–Trinajstić information content (AvgIpc) is 2.36. The highest BCUT2D eigenvalue weighted by molar-refractivity contribution is 4.66. The van der Waals surface area contributed by atoms with Gasteiger partial charge in [0, 0.05) is 6.54 Å². The standard InChI is InChI=1S/C14H33N3/c1-3-5-8-14(4-2)13-17(11-6-9-15)12-7-10-16/h14H,3-13,15-16H2,1-2H3. The van der Waals surface area contributed by atoms with Crippen molar-refractivity contribution >= 4 is 0 Å². The smallest absolute Gasteiger partial charge is 0.000957 e. The molecule has 0 aromatic heterocycles. The van der Waals surface area contributed by atoms with E-state index in [-0.39, 0.29) is 0 Å². The molecule has 0 aliphatic rings. The average molecular weight is 243 g/mol. The lowest BCUT2D eigenvalue weighted by Gasteiger charge is -2.27. The number of unbranched alkanes of at least 4 members (excludes halogenated alkanes) is 1. The Kier molecular flexibility index (Phi) is 12.3. The highest BCUT2D eigenvalue weighted by Crippen LogP contribution is 2.14. The van der Waals surface area contributed by atoms with Gasteiger partial charge in [0.2, 0.25) is 0 Å². The van der Waals surface area contributed by atoms with Gasteiger partial charge < -0.3 is 16.4 Å². The molecule has 0 aromatic carbocycles. The summed E-state index contributed by atoms with van der Waals surface area (Å²) < 4.78 is 0. The molecular formula is C14H33N3. The summed E-state index contributed by atoms with van der Waals surface area (Å²) in [5.41, 5.74) is 11.2. The third kappa shape index (κ3) is 9.57. The van der Waals surface area contributed by atoms with Crippen LogP contribution in [0, 0.1) is 5.92 Å². The molecule has 0 bridgehead atoms. The van der Waals surface area contributed by atoms with Crippen molar-refractivity contribution in [3.8, 4) is 0 Å². The van der Waals surface area contributed by atoms with Crippen LogP contribution >= 0.6 is 0 Å². The monoisotopic (exact) mass is 243 g/mol. The molecule has 17 heavy (non-hydrogen) atoms. The van der Waals surface area contributed by atoms with Crippen LogP contribution < -0.4 is 11.5 Å². The van der Waals surface area contributed by atoms with Crippen LogP contribution in [0.3, 0.4) is 0 Å². The van der Waals surface area contributed by atoms with E-state index in [1.165, 1.54) is 32.2 Å². The van der Waals surface area contributed by atoms with Crippen LogP contribution in [-0.2, 0) is 0 Å². The second-order valence-electron chi connectivity index (χ2n) is 5.00. The predicted molar refractivity (Wildman–Crippen MR) is 77.1 cm³/mol. The lowest BCUT2D eigenvalue weighted by atomic mass is 9.98. The molecule has 0 amide bonds. The summed E-state index contributed by atoms with van der Waals surface area (Å²) in [4.78, 5) is 2.56. The van der Waals surface area contributed by atoms with Crippen LogP contribution in [0.15, 0.2) is 0 Å². The molecule has 0 radical (unpaired) electrons. The lowest BCUT2D eigenvalue weighted by molar-refractivity contribution is 0.216. The SMILES string of the molecule is CCCCC(CC)CN(CCCN)CCCN. The maximum Gasteiger partial charge on any atom is 0.000957 e. The molecule has 104 valence electrons. The molecule has 0 aliphatic carbocycles. The first-order valence-electron chi connectivity index (χ1n) is 7.40. The molecule has 1 unspecified atom stereocenters. The number of rotatable bonds is 12. The second kappa shape index (κ2) is 12.3. The highest BCUT2D eigenvalue weighted by Gasteiger charge is 2.11. The van der Waals surface area contributed by atoms with Gasteiger partial charge in [-0.05, 0) is 51.4 Å². The Morgan fingerprint density at radius 3 is 1.94 bits per heavy atom. The van der Waals surface area contributed by atoms with Crippen molar-refractivity contribution in [1.29, 1.82) is 0 Å². The Morgan fingerprint density at radius 2 is 1.53 bits per heavy atom. The first kappa shape index (κ1) is 16.9. The number of nitrogens with two attached hydrogens (primary N) is 2. The number of hydrogen-bond acceptors (Lipinski definition) is 3. The molecule has 0 rings (SSSR count). The second-order valence-corrected chi connectivity index (χ2v) is 5.00. The van der Waals surface area contributed by atoms with Crippen molar-refractivity contribution < 1.29 is 0 Å². The Hall–Kier alpha value is -0.120. The molecule has 0 heterocycles. The molecule has 0 spiro atoms. The topological polar surface area (TPSA) is 55.3 Å². The summed E-state index contributed by atoms with van der Waals surface area (Å²) in [5.74, 6) is 0.852. The summed E-state index contributed by atoms with van der Waals surface area (Å²) in [5, 5.41) is 0. The van der Waals surface area contributed by atoms with Crippen LogP contribution in [0.25, 0.3) is 0 Å². The van der Waals surface area contributed by atoms with Gasteiger partial charge in [-0.25, -0.2) is 0 Å². The van der Waals surface area contributed by atoms with Gasteiger partial charge in [-0.1, -0.05) is 33.1 Å². The van der Waals surface area contributed by atoms with Crippen LogP contribution in [-0.4, -0.2) is 37.6 Å². The predicted octanol–water partition coefficient (Wildman–Crippen LogP) is 2.20. The molecule has 0 aromatic rings. The van der Waals surface area contributed by atoms with Gasteiger partial charge in [0.1, 0.15) is 0 Å².